The number of anilines is 2. The molecule has 0 unspecified atom stereocenters. The highest BCUT2D eigenvalue weighted by Gasteiger charge is 2.15. The number of hydrogen-bond donors (Lipinski definition) is 2. The van der Waals surface area contributed by atoms with E-state index in [-0.39, 0.29) is 5.56 Å². The standard InChI is InChI=1S/C15H14BrFN2O/c1-8-3-10(16)6-12(4-8)19-15(20)13-7-11(18)5-9(2)14(13)17/h3-7H,18H2,1-2H3,(H,19,20). The van der Waals surface area contributed by atoms with Crippen LogP contribution in [0, 0.1) is 19.7 Å². The van der Waals surface area contributed by atoms with Gasteiger partial charge in [-0.2, -0.15) is 0 Å². The van der Waals surface area contributed by atoms with Crippen LogP contribution in [0.3, 0.4) is 0 Å². The van der Waals surface area contributed by atoms with Gasteiger partial charge in [0.1, 0.15) is 5.82 Å². The molecule has 0 spiro atoms. The Labute approximate surface area is 125 Å². The van der Waals surface area contributed by atoms with Crippen LogP contribution >= 0.6 is 15.9 Å². The fraction of sp³-hybridized carbons (Fsp3) is 0.133. The summed E-state index contributed by atoms with van der Waals surface area (Å²) in [6.45, 7) is 3.48. The molecule has 0 aliphatic heterocycles. The van der Waals surface area contributed by atoms with E-state index in [0.717, 1.165) is 10.0 Å². The van der Waals surface area contributed by atoms with Crippen molar-refractivity contribution in [1.29, 1.82) is 0 Å². The van der Waals surface area contributed by atoms with Crippen LogP contribution in [0.25, 0.3) is 0 Å². The maximum absolute atomic E-state index is 14.0. The largest absolute Gasteiger partial charge is 0.399 e. The van der Waals surface area contributed by atoms with Crippen LogP contribution in [0.1, 0.15) is 21.5 Å². The number of nitrogens with one attached hydrogen (secondary N) is 1. The molecule has 3 nitrogen and oxygen atoms in total. The van der Waals surface area contributed by atoms with Crippen molar-refractivity contribution in [3.05, 3.63) is 57.3 Å². The zero-order chi connectivity index (χ0) is 14.9. The van der Waals surface area contributed by atoms with Gasteiger partial charge in [0, 0.05) is 15.8 Å². The second-order valence-electron chi connectivity index (χ2n) is 4.67. The first-order chi connectivity index (χ1) is 9.36. The lowest BCUT2D eigenvalue weighted by Crippen LogP contribution is -2.15. The Morgan fingerprint density at radius 1 is 1.20 bits per heavy atom. The third kappa shape index (κ3) is 3.17. The molecule has 2 aromatic carbocycles. The molecule has 0 atom stereocenters. The van der Waals surface area contributed by atoms with Crippen molar-refractivity contribution in [2.45, 2.75) is 13.8 Å². The van der Waals surface area contributed by atoms with E-state index in [1.807, 2.05) is 13.0 Å². The van der Waals surface area contributed by atoms with Crippen molar-refractivity contribution in [3.8, 4) is 0 Å². The number of hydrogen-bond acceptors (Lipinski definition) is 2. The lowest BCUT2D eigenvalue weighted by atomic mass is 10.1. The van der Waals surface area contributed by atoms with Gasteiger partial charge in [0.2, 0.25) is 0 Å². The van der Waals surface area contributed by atoms with Crippen molar-refractivity contribution in [2.75, 3.05) is 11.1 Å². The van der Waals surface area contributed by atoms with Crippen LogP contribution in [-0.2, 0) is 0 Å². The first-order valence-corrected chi connectivity index (χ1v) is 6.80. The van der Waals surface area contributed by atoms with Crippen molar-refractivity contribution < 1.29 is 9.18 Å². The van der Waals surface area contributed by atoms with E-state index >= 15 is 0 Å². The summed E-state index contributed by atoms with van der Waals surface area (Å²) in [5.41, 5.74) is 7.89. The third-order valence-corrected chi connectivity index (χ3v) is 3.28. The highest BCUT2D eigenvalue weighted by Crippen LogP contribution is 2.22. The number of carbonyl (C=O) groups excluding carboxylic acids is 1. The molecule has 0 fully saturated rings. The molecule has 3 N–H and O–H groups in total. The summed E-state index contributed by atoms with van der Waals surface area (Å²) >= 11 is 3.35. The summed E-state index contributed by atoms with van der Waals surface area (Å²) in [7, 11) is 0. The molecular formula is C15H14BrFN2O. The van der Waals surface area contributed by atoms with Gasteiger partial charge in [-0.1, -0.05) is 15.9 Å². The van der Waals surface area contributed by atoms with Crippen LogP contribution < -0.4 is 11.1 Å². The topological polar surface area (TPSA) is 55.1 Å². The van der Waals surface area contributed by atoms with Crippen LogP contribution in [0.15, 0.2) is 34.8 Å². The number of nitrogens with two attached hydrogens (primary N) is 1. The van der Waals surface area contributed by atoms with Gasteiger partial charge in [0.25, 0.3) is 5.91 Å². The van der Waals surface area contributed by atoms with Crippen LogP contribution in [0.4, 0.5) is 15.8 Å². The number of benzene rings is 2. The van der Waals surface area contributed by atoms with Crippen molar-refractivity contribution in [1.82, 2.24) is 0 Å². The molecule has 5 heteroatoms. The molecule has 20 heavy (non-hydrogen) atoms. The quantitative estimate of drug-likeness (QED) is 0.813. The van der Waals surface area contributed by atoms with E-state index in [2.05, 4.69) is 21.2 Å². The minimum Gasteiger partial charge on any atom is -0.399 e. The molecule has 0 aromatic heterocycles. The molecular weight excluding hydrogens is 323 g/mol. The lowest BCUT2D eigenvalue weighted by Gasteiger charge is -2.10. The van der Waals surface area contributed by atoms with Crippen molar-refractivity contribution >= 4 is 33.2 Å². The van der Waals surface area contributed by atoms with E-state index in [0.29, 0.717) is 16.9 Å². The zero-order valence-corrected chi connectivity index (χ0v) is 12.7. The van der Waals surface area contributed by atoms with E-state index in [1.54, 1.807) is 19.1 Å². The number of aryl methyl sites for hydroxylation is 2. The van der Waals surface area contributed by atoms with E-state index < -0.39 is 11.7 Å². The number of halogens is 2. The second-order valence-corrected chi connectivity index (χ2v) is 5.59. The van der Waals surface area contributed by atoms with E-state index in [1.165, 1.54) is 12.1 Å². The fourth-order valence-electron chi connectivity index (χ4n) is 1.97. The first-order valence-electron chi connectivity index (χ1n) is 6.01. The van der Waals surface area contributed by atoms with Crippen LogP contribution in [0.2, 0.25) is 0 Å². The summed E-state index contributed by atoms with van der Waals surface area (Å²) in [5, 5.41) is 2.67. The number of rotatable bonds is 2. The van der Waals surface area contributed by atoms with Crippen molar-refractivity contribution in [2.24, 2.45) is 0 Å². The lowest BCUT2D eigenvalue weighted by molar-refractivity contribution is 0.102. The Morgan fingerprint density at radius 2 is 1.90 bits per heavy atom. The molecule has 0 bridgehead atoms. The Kier molecular flexibility index (Phi) is 4.09. The third-order valence-electron chi connectivity index (χ3n) is 2.82. The Morgan fingerprint density at radius 3 is 2.55 bits per heavy atom. The van der Waals surface area contributed by atoms with E-state index in [9.17, 15) is 9.18 Å². The second kappa shape index (κ2) is 5.63. The van der Waals surface area contributed by atoms with Crippen LogP contribution in [-0.4, -0.2) is 5.91 Å². The SMILES string of the molecule is Cc1cc(Br)cc(NC(=O)c2cc(N)cc(C)c2F)c1. The smallest absolute Gasteiger partial charge is 0.258 e. The maximum atomic E-state index is 14.0. The van der Waals surface area contributed by atoms with E-state index in [4.69, 9.17) is 5.73 Å². The molecule has 0 radical (unpaired) electrons. The van der Waals surface area contributed by atoms with Gasteiger partial charge in [-0.3, -0.25) is 4.79 Å². The van der Waals surface area contributed by atoms with Crippen molar-refractivity contribution in [3.63, 3.8) is 0 Å². The predicted molar refractivity (Wildman–Crippen MR) is 82.4 cm³/mol. The number of nitrogen functional groups attached to an aromatic ring is 1. The minimum absolute atomic E-state index is 0.0554. The number of carbonyl (C=O) groups is 1. The van der Waals surface area contributed by atoms with Gasteiger partial charge in [0.05, 0.1) is 5.56 Å². The summed E-state index contributed by atoms with van der Waals surface area (Å²) < 4.78 is 14.8. The van der Waals surface area contributed by atoms with Crippen LogP contribution in [0.5, 0.6) is 0 Å². The molecule has 2 rings (SSSR count). The maximum Gasteiger partial charge on any atom is 0.258 e. The molecule has 104 valence electrons. The predicted octanol–water partition coefficient (Wildman–Crippen LogP) is 4.04. The molecule has 0 aliphatic carbocycles. The Bertz CT molecular complexity index is 666. The zero-order valence-electron chi connectivity index (χ0n) is 11.1. The fourth-order valence-corrected chi connectivity index (χ4v) is 2.58. The highest BCUT2D eigenvalue weighted by molar-refractivity contribution is 9.10. The van der Waals surface area contributed by atoms with Gasteiger partial charge < -0.3 is 11.1 Å². The molecule has 2 aromatic rings. The molecule has 0 saturated heterocycles. The van der Waals surface area contributed by atoms with Gasteiger partial charge in [-0.15, -0.1) is 0 Å². The first kappa shape index (κ1) is 14.5. The van der Waals surface area contributed by atoms with Gasteiger partial charge >= 0.3 is 0 Å². The minimum atomic E-state index is -0.552. The summed E-state index contributed by atoms with van der Waals surface area (Å²) in [6.07, 6.45) is 0. The molecule has 1 amide bonds. The summed E-state index contributed by atoms with van der Waals surface area (Å²) in [5.74, 6) is -1.07. The molecule has 0 saturated carbocycles. The molecule has 0 aliphatic rings. The Hall–Kier alpha value is -1.88. The normalized spacial score (nSPS) is 10.4. The monoisotopic (exact) mass is 336 g/mol. The van der Waals surface area contributed by atoms with Gasteiger partial charge in [0.15, 0.2) is 0 Å². The molecule has 0 heterocycles. The average molecular weight is 337 g/mol. The summed E-state index contributed by atoms with van der Waals surface area (Å²) in [6, 6.07) is 8.31. The average Bonchev–Trinajstić information content (AvgIpc) is 2.32. The summed E-state index contributed by atoms with van der Waals surface area (Å²) in [4.78, 5) is 12.1. The Balaban J connectivity index is 2.33. The van der Waals surface area contributed by atoms with Gasteiger partial charge in [-0.05, 0) is 55.3 Å². The van der Waals surface area contributed by atoms with Gasteiger partial charge in [-0.25, -0.2) is 4.39 Å². The number of amides is 1. The highest BCUT2D eigenvalue weighted by atomic mass is 79.9.